The Bertz CT molecular complexity index is 536. The summed E-state index contributed by atoms with van der Waals surface area (Å²) in [5.74, 6) is -2.40. The van der Waals surface area contributed by atoms with Gasteiger partial charge >= 0.3 is 12.0 Å². The Morgan fingerprint density at radius 1 is 1.40 bits per heavy atom. The van der Waals surface area contributed by atoms with Crippen LogP contribution < -0.4 is 5.32 Å². The first kappa shape index (κ1) is 14.2. The van der Waals surface area contributed by atoms with E-state index in [9.17, 15) is 18.4 Å². The number of carbonyl (C=O) groups excluding carboxylic acids is 1. The first-order valence-corrected chi connectivity index (χ1v) is 6.22. The third-order valence-electron chi connectivity index (χ3n) is 3.22. The molecule has 1 unspecified atom stereocenters. The molecule has 0 bridgehead atoms. The number of hydrogen-bond donors (Lipinski definition) is 2. The van der Waals surface area contributed by atoms with Crippen LogP contribution in [-0.2, 0) is 4.79 Å². The lowest BCUT2D eigenvalue weighted by molar-refractivity contribution is -0.137. The van der Waals surface area contributed by atoms with E-state index in [4.69, 9.17) is 5.11 Å². The molecule has 1 saturated heterocycles. The van der Waals surface area contributed by atoms with Crippen LogP contribution in [0.25, 0.3) is 0 Å². The number of carbonyl (C=O) groups is 2. The number of anilines is 1. The van der Waals surface area contributed by atoms with Crippen molar-refractivity contribution in [3.05, 3.63) is 29.8 Å². The zero-order valence-electron chi connectivity index (χ0n) is 10.6. The molecule has 2 N–H and O–H groups in total. The van der Waals surface area contributed by atoms with E-state index >= 15 is 0 Å². The lowest BCUT2D eigenvalue weighted by Crippen LogP contribution is -2.39. The largest absolute Gasteiger partial charge is 0.481 e. The fourth-order valence-corrected chi connectivity index (χ4v) is 2.30. The summed E-state index contributed by atoms with van der Waals surface area (Å²) in [4.78, 5) is 24.1. The standard InChI is InChI=1S/C13H14F2N2O3/c14-8-3-4-10(15)11(6-8)16-13(20)17-5-1-2-9(17)7-12(18)19/h3-4,6,9H,1-2,5,7H2,(H,16,20)(H,18,19). The molecule has 20 heavy (non-hydrogen) atoms. The summed E-state index contributed by atoms with van der Waals surface area (Å²) >= 11 is 0. The summed E-state index contributed by atoms with van der Waals surface area (Å²) in [7, 11) is 0. The number of benzene rings is 1. The number of carboxylic acids is 1. The van der Waals surface area contributed by atoms with Gasteiger partial charge in [0.2, 0.25) is 0 Å². The van der Waals surface area contributed by atoms with Gasteiger partial charge in [-0.05, 0) is 25.0 Å². The summed E-state index contributed by atoms with van der Waals surface area (Å²) in [5.41, 5.74) is -0.254. The van der Waals surface area contributed by atoms with Gasteiger partial charge in [0, 0.05) is 18.7 Å². The molecule has 2 rings (SSSR count). The number of carboxylic acid groups (broad SMARTS) is 1. The van der Waals surface area contributed by atoms with Gasteiger partial charge in [-0.1, -0.05) is 0 Å². The molecular formula is C13H14F2N2O3. The van der Waals surface area contributed by atoms with Crippen LogP contribution >= 0.6 is 0 Å². The van der Waals surface area contributed by atoms with Gasteiger partial charge < -0.3 is 15.3 Å². The van der Waals surface area contributed by atoms with Crippen molar-refractivity contribution in [2.75, 3.05) is 11.9 Å². The number of amides is 2. The summed E-state index contributed by atoms with van der Waals surface area (Å²) in [6, 6.07) is 1.73. The van der Waals surface area contributed by atoms with Crippen molar-refractivity contribution >= 4 is 17.7 Å². The second kappa shape index (κ2) is 5.85. The molecule has 1 aliphatic rings. The molecule has 1 aromatic rings. The van der Waals surface area contributed by atoms with Crippen molar-refractivity contribution in [1.82, 2.24) is 4.90 Å². The molecule has 1 heterocycles. The highest BCUT2D eigenvalue weighted by molar-refractivity contribution is 5.90. The fraction of sp³-hybridized carbons (Fsp3) is 0.385. The van der Waals surface area contributed by atoms with Gasteiger partial charge in [0.25, 0.3) is 0 Å². The van der Waals surface area contributed by atoms with Crippen LogP contribution in [0.15, 0.2) is 18.2 Å². The third-order valence-corrected chi connectivity index (χ3v) is 3.22. The summed E-state index contributed by atoms with van der Waals surface area (Å²) < 4.78 is 26.4. The zero-order chi connectivity index (χ0) is 14.7. The molecule has 5 nitrogen and oxygen atoms in total. The molecule has 7 heteroatoms. The number of nitrogens with zero attached hydrogens (tertiary/aromatic N) is 1. The van der Waals surface area contributed by atoms with Crippen molar-refractivity contribution < 1.29 is 23.5 Å². The quantitative estimate of drug-likeness (QED) is 0.895. The summed E-state index contributed by atoms with van der Waals surface area (Å²) in [5, 5.41) is 11.1. The number of nitrogens with one attached hydrogen (secondary N) is 1. The Hall–Kier alpha value is -2.18. The molecule has 1 atom stereocenters. The summed E-state index contributed by atoms with van der Waals surface area (Å²) in [6.45, 7) is 0.403. The van der Waals surface area contributed by atoms with Crippen molar-refractivity contribution in [2.45, 2.75) is 25.3 Å². The van der Waals surface area contributed by atoms with Crippen molar-refractivity contribution in [3.8, 4) is 0 Å². The maximum Gasteiger partial charge on any atom is 0.322 e. The topological polar surface area (TPSA) is 69.6 Å². The predicted molar refractivity (Wildman–Crippen MR) is 67.4 cm³/mol. The number of hydrogen-bond acceptors (Lipinski definition) is 2. The number of likely N-dealkylation sites (tertiary alicyclic amines) is 1. The van der Waals surface area contributed by atoms with Gasteiger partial charge in [-0.3, -0.25) is 4.79 Å². The van der Waals surface area contributed by atoms with Gasteiger partial charge in [-0.25, -0.2) is 13.6 Å². The second-order valence-corrected chi connectivity index (χ2v) is 4.64. The Labute approximate surface area is 114 Å². The van der Waals surface area contributed by atoms with Crippen LogP contribution in [-0.4, -0.2) is 34.6 Å². The maximum atomic E-state index is 13.4. The smallest absolute Gasteiger partial charge is 0.322 e. The third kappa shape index (κ3) is 3.23. The first-order valence-electron chi connectivity index (χ1n) is 6.22. The van der Waals surface area contributed by atoms with Crippen LogP contribution in [0.1, 0.15) is 19.3 Å². The average molecular weight is 284 g/mol. The molecule has 108 valence electrons. The van der Waals surface area contributed by atoms with E-state index in [1.165, 1.54) is 4.90 Å². The lowest BCUT2D eigenvalue weighted by atomic mass is 10.1. The molecule has 1 aromatic carbocycles. The van der Waals surface area contributed by atoms with E-state index < -0.39 is 29.7 Å². The number of urea groups is 1. The van der Waals surface area contributed by atoms with Crippen molar-refractivity contribution in [2.24, 2.45) is 0 Å². The predicted octanol–water partition coefficient (Wildman–Crippen LogP) is 2.44. The SMILES string of the molecule is O=C(O)CC1CCCN1C(=O)Nc1cc(F)ccc1F. The lowest BCUT2D eigenvalue weighted by Gasteiger charge is -2.23. The van der Waals surface area contributed by atoms with Gasteiger partial charge in [-0.2, -0.15) is 0 Å². The molecule has 1 aliphatic heterocycles. The van der Waals surface area contributed by atoms with Crippen molar-refractivity contribution in [1.29, 1.82) is 0 Å². The molecule has 2 amide bonds. The van der Waals surface area contributed by atoms with Gasteiger partial charge in [0.15, 0.2) is 0 Å². The van der Waals surface area contributed by atoms with E-state index in [0.717, 1.165) is 18.2 Å². The molecule has 0 saturated carbocycles. The minimum absolute atomic E-state index is 0.154. The molecule has 0 aliphatic carbocycles. The molecule has 0 radical (unpaired) electrons. The van der Waals surface area contributed by atoms with E-state index in [0.29, 0.717) is 19.4 Å². The van der Waals surface area contributed by atoms with Gasteiger partial charge in [0.1, 0.15) is 11.6 Å². The van der Waals surface area contributed by atoms with E-state index in [1.807, 2.05) is 0 Å². The number of halogens is 2. The second-order valence-electron chi connectivity index (χ2n) is 4.64. The highest BCUT2D eigenvalue weighted by Gasteiger charge is 2.30. The van der Waals surface area contributed by atoms with Gasteiger partial charge in [0.05, 0.1) is 12.1 Å². The molecule has 0 aromatic heterocycles. The van der Waals surface area contributed by atoms with E-state index in [2.05, 4.69) is 5.32 Å². The average Bonchev–Trinajstić information content (AvgIpc) is 2.81. The van der Waals surface area contributed by atoms with E-state index in [1.54, 1.807) is 0 Å². The summed E-state index contributed by atoms with van der Waals surface area (Å²) in [6.07, 6.45) is 1.13. The Morgan fingerprint density at radius 2 is 2.15 bits per heavy atom. The van der Waals surface area contributed by atoms with Crippen LogP contribution in [0.4, 0.5) is 19.3 Å². The normalized spacial score (nSPS) is 18.1. The van der Waals surface area contributed by atoms with Crippen LogP contribution in [0.2, 0.25) is 0 Å². The van der Waals surface area contributed by atoms with Crippen LogP contribution in [0.3, 0.4) is 0 Å². The zero-order valence-corrected chi connectivity index (χ0v) is 10.6. The minimum Gasteiger partial charge on any atom is -0.481 e. The molecule has 1 fully saturated rings. The van der Waals surface area contributed by atoms with Crippen LogP contribution in [0, 0.1) is 11.6 Å². The van der Waals surface area contributed by atoms with Gasteiger partial charge in [-0.15, -0.1) is 0 Å². The van der Waals surface area contributed by atoms with Crippen molar-refractivity contribution in [3.63, 3.8) is 0 Å². The monoisotopic (exact) mass is 284 g/mol. The molecular weight excluding hydrogens is 270 g/mol. The Morgan fingerprint density at radius 3 is 2.85 bits per heavy atom. The molecule has 0 spiro atoms. The highest BCUT2D eigenvalue weighted by Crippen LogP contribution is 2.22. The van der Waals surface area contributed by atoms with E-state index in [-0.39, 0.29) is 12.1 Å². The highest BCUT2D eigenvalue weighted by atomic mass is 19.1. The maximum absolute atomic E-state index is 13.4. The number of rotatable bonds is 3. The first-order chi connectivity index (χ1) is 9.47. The minimum atomic E-state index is -0.994. The number of aliphatic carboxylic acids is 1. The fourth-order valence-electron chi connectivity index (χ4n) is 2.30. The van der Waals surface area contributed by atoms with Crippen LogP contribution in [0.5, 0.6) is 0 Å². The Kier molecular flexibility index (Phi) is 4.16. The Balaban J connectivity index is 2.07.